The summed E-state index contributed by atoms with van der Waals surface area (Å²) in [4.78, 5) is 12.0. The molecule has 1 heterocycles. The molecule has 1 fully saturated rings. The molecule has 6 heteroatoms. The summed E-state index contributed by atoms with van der Waals surface area (Å²) in [6, 6.07) is 0. The summed E-state index contributed by atoms with van der Waals surface area (Å²) in [5, 5.41) is 0. The first kappa shape index (κ1) is 13.6. The lowest BCUT2D eigenvalue weighted by atomic mass is 9.88. The maximum absolute atomic E-state index is 12.0. The number of hydrogen-bond acceptors (Lipinski definition) is 5. The summed E-state index contributed by atoms with van der Waals surface area (Å²) in [5.74, 6) is -0.249. The van der Waals surface area contributed by atoms with Crippen LogP contribution in [0.5, 0.6) is 0 Å². The van der Waals surface area contributed by atoms with Gasteiger partial charge in [-0.1, -0.05) is 0 Å². The van der Waals surface area contributed by atoms with Gasteiger partial charge in [-0.05, 0) is 0 Å². The fourth-order valence-corrected chi connectivity index (χ4v) is 2.36. The Kier molecular flexibility index (Phi) is 4.46. The summed E-state index contributed by atoms with van der Waals surface area (Å²) < 4.78 is 32.4. The molecule has 16 heavy (non-hydrogen) atoms. The minimum Gasteiger partial charge on any atom is -0.381 e. The first-order valence-corrected chi connectivity index (χ1v) is 7.30. The van der Waals surface area contributed by atoms with Crippen molar-refractivity contribution in [3.8, 4) is 0 Å². The summed E-state index contributed by atoms with van der Waals surface area (Å²) in [7, 11) is -1.61. The highest BCUT2D eigenvalue weighted by Gasteiger charge is 2.39. The van der Waals surface area contributed by atoms with E-state index >= 15 is 0 Å². The molecule has 0 spiro atoms. The van der Waals surface area contributed by atoms with Crippen LogP contribution < -0.4 is 0 Å². The molecule has 0 atom stereocenters. The molecule has 0 saturated carbocycles. The SMILES string of the molecule is COC1(C(=O)CCS(C)(=O)=O)CCOCC1. The van der Waals surface area contributed by atoms with Crippen molar-refractivity contribution in [1.82, 2.24) is 0 Å². The number of methoxy groups -OCH3 is 1. The van der Waals surface area contributed by atoms with E-state index in [4.69, 9.17) is 9.47 Å². The summed E-state index contributed by atoms with van der Waals surface area (Å²) >= 11 is 0. The van der Waals surface area contributed by atoms with Gasteiger partial charge in [0.2, 0.25) is 0 Å². The number of ketones is 1. The highest BCUT2D eigenvalue weighted by atomic mass is 32.2. The number of sulfone groups is 1. The van der Waals surface area contributed by atoms with Crippen LogP contribution >= 0.6 is 0 Å². The fraction of sp³-hybridized carbons (Fsp3) is 0.900. The van der Waals surface area contributed by atoms with E-state index in [2.05, 4.69) is 0 Å². The van der Waals surface area contributed by atoms with Crippen LogP contribution in [-0.4, -0.2) is 52.1 Å². The van der Waals surface area contributed by atoms with Crippen LogP contribution in [0.4, 0.5) is 0 Å². The van der Waals surface area contributed by atoms with Crippen LogP contribution in [0.1, 0.15) is 19.3 Å². The van der Waals surface area contributed by atoms with E-state index in [0.717, 1.165) is 6.26 Å². The van der Waals surface area contributed by atoms with Crippen molar-refractivity contribution < 1.29 is 22.7 Å². The molecule has 0 bridgehead atoms. The predicted molar refractivity (Wildman–Crippen MR) is 59.1 cm³/mol. The van der Waals surface area contributed by atoms with Crippen molar-refractivity contribution in [3.63, 3.8) is 0 Å². The predicted octanol–water partition coefficient (Wildman–Crippen LogP) is 0.186. The summed E-state index contributed by atoms with van der Waals surface area (Å²) in [6.07, 6.45) is 2.16. The minimum atomic E-state index is -3.10. The van der Waals surface area contributed by atoms with Gasteiger partial charge in [-0.2, -0.15) is 0 Å². The number of hydrogen-bond donors (Lipinski definition) is 0. The zero-order valence-corrected chi connectivity index (χ0v) is 10.5. The van der Waals surface area contributed by atoms with Gasteiger partial charge in [0.1, 0.15) is 15.4 Å². The van der Waals surface area contributed by atoms with Crippen LogP contribution in [0.15, 0.2) is 0 Å². The molecule has 0 amide bonds. The maximum atomic E-state index is 12.0. The number of carbonyl (C=O) groups is 1. The number of Topliss-reactive ketones (excluding diaryl/α,β-unsaturated/α-hetero) is 1. The molecule has 0 aromatic heterocycles. The molecule has 0 aliphatic carbocycles. The molecule has 94 valence electrons. The number of ether oxygens (including phenoxy) is 2. The zero-order chi connectivity index (χ0) is 12.2. The second kappa shape index (κ2) is 5.25. The third kappa shape index (κ3) is 3.54. The Morgan fingerprint density at radius 3 is 2.38 bits per heavy atom. The number of rotatable bonds is 5. The monoisotopic (exact) mass is 250 g/mol. The number of carbonyl (C=O) groups excluding carboxylic acids is 1. The van der Waals surface area contributed by atoms with Crippen molar-refractivity contribution in [2.24, 2.45) is 0 Å². The molecular weight excluding hydrogens is 232 g/mol. The van der Waals surface area contributed by atoms with Crippen molar-refractivity contribution in [3.05, 3.63) is 0 Å². The molecule has 1 aliphatic heterocycles. The largest absolute Gasteiger partial charge is 0.381 e. The van der Waals surface area contributed by atoms with E-state index in [1.165, 1.54) is 7.11 Å². The first-order valence-electron chi connectivity index (χ1n) is 5.23. The third-order valence-corrected chi connectivity index (χ3v) is 3.85. The molecule has 0 aromatic carbocycles. The minimum absolute atomic E-state index is 0.0205. The standard InChI is InChI=1S/C10H18O5S/c1-14-10(4-6-15-7-5-10)9(11)3-8-16(2,12)13/h3-8H2,1-2H3. The van der Waals surface area contributed by atoms with Gasteiger partial charge >= 0.3 is 0 Å². The van der Waals surface area contributed by atoms with Gasteiger partial charge in [0.05, 0.1) is 5.75 Å². The quantitative estimate of drug-likeness (QED) is 0.696. The van der Waals surface area contributed by atoms with Crippen LogP contribution in [0.3, 0.4) is 0 Å². The highest BCUT2D eigenvalue weighted by Crippen LogP contribution is 2.26. The van der Waals surface area contributed by atoms with Crippen LogP contribution in [0.25, 0.3) is 0 Å². The normalized spacial score (nSPS) is 20.6. The Balaban J connectivity index is 2.62. The van der Waals surface area contributed by atoms with Crippen LogP contribution in [0, 0.1) is 0 Å². The smallest absolute Gasteiger partial charge is 0.165 e. The molecule has 0 N–H and O–H groups in total. The molecular formula is C10H18O5S. The molecule has 0 radical (unpaired) electrons. The highest BCUT2D eigenvalue weighted by molar-refractivity contribution is 7.90. The van der Waals surface area contributed by atoms with Gasteiger partial charge in [-0.25, -0.2) is 8.42 Å². The van der Waals surface area contributed by atoms with E-state index in [9.17, 15) is 13.2 Å². The van der Waals surface area contributed by atoms with Crippen molar-refractivity contribution in [2.45, 2.75) is 24.9 Å². The molecule has 5 nitrogen and oxygen atoms in total. The van der Waals surface area contributed by atoms with Gasteiger partial charge in [0.15, 0.2) is 5.78 Å². The van der Waals surface area contributed by atoms with Crippen molar-refractivity contribution in [1.29, 1.82) is 0 Å². The van der Waals surface area contributed by atoms with Crippen molar-refractivity contribution >= 4 is 15.6 Å². The second-order valence-corrected chi connectivity index (χ2v) is 6.37. The summed E-state index contributed by atoms with van der Waals surface area (Å²) in [6.45, 7) is 0.969. The molecule has 0 unspecified atom stereocenters. The van der Waals surface area contributed by atoms with E-state index < -0.39 is 15.4 Å². The van der Waals surface area contributed by atoms with E-state index in [1.807, 2.05) is 0 Å². The summed E-state index contributed by atoms with van der Waals surface area (Å²) in [5.41, 5.74) is -0.830. The fourth-order valence-electron chi connectivity index (χ4n) is 1.80. The van der Waals surface area contributed by atoms with E-state index in [-0.39, 0.29) is 18.0 Å². The molecule has 1 aliphatic rings. The van der Waals surface area contributed by atoms with Crippen molar-refractivity contribution in [2.75, 3.05) is 32.3 Å². The van der Waals surface area contributed by atoms with Gasteiger partial charge in [0.25, 0.3) is 0 Å². The van der Waals surface area contributed by atoms with Gasteiger partial charge < -0.3 is 9.47 Å². The van der Waals surface area contributed by atoms with Gasteiger partial charge in [-0.15, -0.1) is 0 Å². The first-order chi connectivity index (χ1) is 7.40. The van der Waals surface area contributed by atoms with Crippen LogP contribution in [0.2, 0.25) is 0 Å². The Morgan fingerprint density at radius 1 is 1.38 bits per heavy atom. The lowest BCUT2D eigenvalue weighted by molar-refractivity contribution is -0.152. The second-order valence-electron chi connectivity index (χ2n) is 4.11. The maximum Gasteiger partial charge on any atom is 0.165 e. The zero-order valence-electron chi connectivity index (χ0n) is 9.69. The average molecular weight is 250 g/mol. The van der Waals surface area contributed by atoms with E-state index in [0.29, 0.717) is 26.1 Å². The van der Waals surface area contributed by atoms with Crippen LogP contribution in [-0.2, 0) is 24.1 Å². The lowest BCUT2D eigenvalue weighted by Crippen LogP contribution is -2.46. The Labute approximate surface area is 96.0 Å². The average Bonchev–Trinajstić information content (AvgIpc) is 2.25. The van der Waals surface area contributed by atoms with Gasteiger partial charge in [0, 0.05) is 45.8 Å². The Morgan fingerprint density at radius 2 is 1.94 bits per heavy atom. The molecule has 0 aromatic rings. The molecule has 1 saturated heterocycles. The van der Waals surface area contributed by atoms with E-state index in [1.54, 1.807) is 0 Å². The Hall–Kier alpha value is -0.460. The Bertz CT molecular complexity index is 340. The topological polar surface area (TPSA) is 69.7 Å². The van der Waals surface area contributed by atoms with Gasteiger partial charge in [-0.3, -0.25) is 4.79 Å². The lowest BCUT2D eigenvalue weighted by Gasteiger charge is -2.34. The third-order valence-electron chi connectivity index (χ3n) is 2.90. The molecule has 1 rings (SSSR count).